The molecule has 1 saturated heterocycles. The molecule has 1 aromatic heterocycles. The van der Waals surface area contributed by atoms with Gasteiger partial charge in [-0.15, -0.1) is 0 Å². The van der Waals surface area contributed by atoms with Crippen LogP contribution in [-0.4, -0.2) is 53.9 Å². The lowest BCUT2D eigenvalue weighted by molar-refractivity contribution is 0.0737. The number of amides is 1. The number of aromatic nitrogens is 2. The third kappa shape index (κ3) is 4.50. The predicted octanol–water partition coefficient (Wildman–Crippen LogP) is 5.16. The average molecular weight is 473 g/mol. The second-order valence-electron chi connectivity index (χ2n) is 8.15. The maximum atomic E-state index is 13.6. The smallest absolute Gasteiger partial charge is 0.272 e. The number of hydrogen-bond acceptors (Lipinski definition) is 4. The Morgan fingerprint density at radius 1 is 0.853 bits per heavy atom. The maximum absolute atomic E-state index is 13.6. The first-order valence-electron chi connectivity index (χ1n) is 11.2. The van der Waals surface area contributed by atoms with Gasteiger partial charge in [-0.05, 0) is 60.7 Å². The highest BCUT2D eigenvalue weighted by atomic mass is 35.5. The zero-order valence-electron chi connectivity index (χ0n) is 18.9. The topological polar surface area (TPSA) is 50.6 Å². The molecular formula is C27H25ClN4O2. The number of carbonyl (C=O) groups excluding carboxylic acids is 1. The lowest BCUT2D eigenvalue weighted by Crippen LogP contribution is -2.49. The largest absolute Gasteiger partial charge is 0.497 e. The summed E-state index contributed by atoms with van der Waals surface area (Å²) in [5.74, 6) is 0.752. The molecule has 2 heterocycles. The van der Waals surface area contributed by atoms with E-state index in [9.17, 15) is 4.79 Å². The molecule has 4 aromatic rings. The molecule has 3 aromatic carbocycles. The SMILES string of the molecule is COc1ccc(-c2cc(C(=O)N3CCN(c4cccc(Cl)c4)CC3)n(-c3ccccc3)n2)cc1. The van der Waals surface area contributed by atoms with Gasteiger partial charge in [0.1, 0.15) is 11.4 Å². The van der Waals surface area contributed by atoms with Crippen LogP contribution in [0.25, 0.3) is 16.9 Å². The van der Waals surface area contributed by atoms with Crippen LogP contribution in [0, 0.1) is 0 Å². The van der Waals surface area contributed by atoms with Crippen molar-refractivity contribution in [2.75, 3.05) is 38.2 Å². The number of para-hydroxylation sites is 1. The van der Waals surface area contributed by atoms with Gasteiger partial charge < -0.3 is 14.5 Å². The Morgan fingerprint density at radius 3 is 2.24 bits per heavy atom. The third-order valence-electron chi connectivity index (χ3n) is 6.06. The van der Waals surface area contributed by atoms with E-state index in [1.807, 2.05) is 83.8 Å². The molecule has 1 aliphatic rings. The number of carbonyl (C=O) groups is 1. The summed E-state index contributed by atoms with van der Waals surface area (Å²) in [4.78, 5) is 17.8. The molecular weight excluding hydrogens is 448 g/mol. The van der Waals surface area contributed by atoms with Gasteiger partial charge in [0.15, 0.2) is 0 Å². The number of hydrogen-bond donors (Lipinski definition) is 0. The number of halogens is 1. The van der Waals surface area contributed by atoms with Gasteiger partial charge in [0, 0.05) is 42.5 Å². The fourth-order valence-corrected chi connectivity index (χ4v) is 4.39. The number of ether oxygens (including phenoxy) is 1. The second kappa shape index (κ2) is 9.61. The van der Waals surface area contributed by atoms with Crippen molar-refractivity contribution in [2.24, 2.45) is 0 Å². The average Bonchev–Trinajstić information content (AvgIpc) is 3.34. The van der Waals surface area contributed by atoms with Crippen LogP contribution in [0.4, 0.5) is 5.69 Å². The molecule has 6 nitrogen and oxygen atoms in total. The van der Waals surface area contributed by atoms with E-state index < -0.39 is 0 Å². The van der Waals surface area contributed by atoms with Crippen molar-refractivity contribution >= 4 is 23.2 Å². The molecule has 1 amide bonds. The highest BCUT2D eigenvalue weighted by molar-refractivity contribution is 6.30. The summed E-state index contributed by atoms with van der Waals surface area (Å²) in [6.45, 7) is 2.75. The van der Waals surface area contributed by atoms with Crippen molar-refractivity contribution in [3.8, 4) is 22.7 Å². The number of benzene rings is 3. The highest BCUT2D eigenvalue weighted by Crippen LogP contribution is 2.26. The van der Waals surface area contributed by atoms with E-state index in [4.69, 9.17) is 21.4 Å². The minimum Gasteiger partial charge on any atom is -0.497 e. The van der Waals surface area contributed by atoms with E-state index in [2.05, 4.69) is 11.0 Å². The normalized spacial score (nSPS) is 13.7. The molecule has 0 spiro atoms. The monoisotopic (exact) mass is 472 g/mol. The van der Waals surface area contributed by atoms with Crippen LogP contribution in [0.5, 0.6) is 5.75 Å². The molecule has 0 atom stereocenters. The summed E-state index contributed by atoms with van der Waals surface area (Å²) in [5.41, 5.74) is 4.15. The van der Waals surface area contributed by atoms with Gasteiger partial charge in [0.05, 0.1) is 18.5 Å². The van der Waals surface area contributed by atoms with Crippen LogP contribution in [0.2, 0.25) is 5.02 Å². The van der Waals surface area contributed by atoms with Crippen molar-refractivity contribution in [2.45, 2.75) is 0 Å². The molecule has 0 aliphatic carbocycles. The summed E-state index contributed by atoms with van der Waals surface area (Å²) in [6, 6.07) is 27.2. The summed E-state index contributed by atoms with van der Waals surface area (Å²) < 4.78 is 7.01. The molecule has 7 heteroatoms. The van der Waals surface area contributed by atoms with Crippen molar-refractivity contribution < 1.29 is 9.53 Å². The van der Waals surface area contributed by atoms with Gasteiger partial charge in [0.25, 0.3) is 5.91 Å². The van der Waals surface area contributed by atoms with Crippen LogP contribution in [-0.2, 0) is 0 Å². The van der Waals surface area contributed by atoms with Crippen molar-refractivity contribution in [1.82, 2.24) is 14.7 Å². The Morgan fingerprint density at radius 2 is 1.56 bits per heavy atom. The van der Waals surface area contributed by atoms with E-state index in [1.54, 1.807) is 11.8 Å². The number of nitrogens with zero attached hydrogens (tertiary/aromatic N) is 4. The predicted molar refractivity (Wildman–Crippen MR) is 135 cm³/mol. The second-order valence-corrected chi connectivity index (χ2v) is 8.59. The van der Waals surface area contributed by atoms with E-state index in [1.165, 1.54) is 0 Å². The quantitative estimate of drug-likeness (QED) is 0.402. The van der Waals surface area contributed by atoms with Gasteiger partial charge >= 0.3 is 0 Å². The molecule has 1 aliphatic heterocycles. The zero-order valence-corrected chi connectivity index (χ0v) is 19.7. The molecule has 0 unspecified atom stereocenters. The Balaban J connectivity index is 1.41. The number of rotatable bonds is 5. The van der Waals surface area contributed by atoms with Gasteiger partial charge in [0.2, 0.25) is 0 Å². The first-order chi connectivity index (χ1) is 16.6. The number of piperazine rings is 1. The molecule has 5 rings (SSSR count). The summed E-state index contributed by atoms with van der Waals surface area (Å²) in [7, 11) is 1.64. The van der Waals surface area contributed by atoms with Gasteiger partial charge in [-0.25, -0.2) is 4.68 Å². The minimum atomic E-state index is -0.0261. The lowest BCUT2D eigenvalue weighted by Gasteiger charge is -2.36. The Bertz CT molecular complexity index is 1280. The van der Waals surface area contributed by atoms with E-state index >= 15 is 0 Å². The van der Waals surface area contributed by atoms with E-state index in [-0.39, 0.29) is 5.91 Å². The molecule has 1 fully saturated rings. The molecule has 0 N–H and O–H groups in total. The van der Waals surface area contributed by atoms with Crippen LogP contribution < -0.4 is 9.64 Å². The highest BCUT2D eigenvalue weighted by Gasteiger charge is 2.26. The van der Waals surface area contributed by atoms with E-state index in [0.717, 1.165) is 41.5 Å². The van der Waals surface area contributed by atoms with Crippen molar-refractivity contribution in [3.63, 3.8) is 0 Å². The maximum Gasteiger partial charge on any atom is 0.272 e. The first-order valence-corrected chi connectivity index (χ1v) is 11.6. The van der Waals surface area contributed by atoms with Crippen LogP contribution in [0.1, 0.15) is 10.5 Å². The standard InChI is InChI=1S/C27H25ClN4O2/c1-34-24-12-10-20(11-13-24)25-19-26(32(29-25)22-7-3-2-4-8-22)27(33)31-16-14-30(15-17-31)23-9-5-6-21(28)18-23/h2-13,18-19H,14-17H2,1H3. The summed E-state index contributed by atoms with van der Waals surface area (Å²) in [5, 5.41) is 5.51. The van der Waals surface area contributed by atoms with Crippen molar-refractivity contribution in [1.29, 1.82) is 0 Å². The molecule has 0 radical (unpaired) electrons. The molecule has 0 saturated carbocycles. The van der Waals surface area contributed by atoms with Crippen LogP contribution in [0.15, 0.2) is 84.9 Å². The molecule has 0 bridgehead atoms. The van der Waals surface area contributed by atoms with Crippen molar-refractivity contribution in [3.05, 3.63) is 95.6 Å². The number of methoxy groups -OCH3 is 1. The van der Waals surface area contributed by atoms with E-state index in [0.29, 0.717) is 23.8 Å². The Labute approximate surface area is 203 Å². The fourth-order valence-electron chi connectivity index (χ4n) is 4.20. The fraction of sp³-hybridized carbons (Fsp3) is 0.185. The van der Waals surface area contributed by atoms with Gasteiger partial charge in [-0.1, -0.05) is 35.9 Å². The summed E-state index contributed by atoms with van der Waals surface area (Å²) >= 11 is 6.16. The summed E-state index contributed by atoms with van der Waals surface area (Å²) in [6.07, 6.45) is 0. The molecule has 172 valence electrons. The minimum absolute atomic E-state index is 0.0261. The number of anilines is 1. The lowest BCUT2D eigenvalue weighted by atomic mass is 10.1. The van der Waals surface area contributed by atoms with Gasteiger partial charge in [-0.3, -0.25) is 4.79 Å². The molecule has 34 heavy (non-hydrogen) atoms. The first kappa shape index (κ1) is 22.0. The Hall–Kier alpha value is -3.77. The van der Waals surface area contributed by atoms with Crippen LogP contribution in [0.3, 0.4) is 0 Å². The third-order valence-corrected chi connectivity index (χ3v) is 6.29. The van der Waals surface area contributed by atoms with Crippen LogP contribution >= 0.6 is 11.6 Å². The zero-order chi connectivity index (χ0) is 23.5. The van der Waals surface area contributed by atoms with Gasteiger partial charge in [-0.2, -0.15) is 5.10 Å². The Kier molecular flexibility index (Phi) is 6.23.